The van der Waals surface area contributed by atoms with Crippen molar-refractivity contribution in [1.29, 1.82) is 0 Å². The number of nitrogens with one attached hydrogen (secondary N) is 1. The third kappa shape index (κ3) is 4.19. The van der Waals surface area contributed by atoms with Crippen LogP contribution in [0.5, 0.6) is 5.75 Å². The van der Waals surface area contributed by atoms with Crippen LogP contribution in [-0.4, -0.2) is 41.6 Å². The molecule has 4 rings (SSSR count). The second-order valence-corrected chi connectivity index (χ2v) is 7.92. The molecule has 1 N–H and O–H groups in total. The lowest BCUT2D eigenvalue weighted by molar-refractivity contribution is 0.0937. The molecule has 30 heavy (non-hydrogen) atoms. The van der Waals surface area contributed by atoms with E-state index in [2.05, 4.69) is 22.3 Å². The van der Waals surface area contributed by atoms with Gasteiger partial charge in [-0.2, -0.15) is 0 Å². The number of ether oxygens (including phenoxy) is 1. The number of amides is 1. The Morgan fingerprint density at radius 1 is 1.27 bits per heavy atom. The molecule has 1 atom stereocenters. The van der Waals surface area contributed by atoms with E-state index in [4.69, 9.17) is 9.26 Å². The summed E-state index contributed by atoms with van der Waals surface area (Å²) in [6.07, 6.45) is 2.32. The summed E-state index contributed by atoms with van der Waals surface area (Å²) in [5.41, 5.74) is 2.28. The molecule has 0 aliphatic carbocycles. The van der Waals surface area contributed by atoms with Crippen LogP contribution in [0.1, 0.15) is 47.1 Å². The molecule has 2 heterocycles. The van der Waals surface area contributed by atoms with Crippen molar-refractivity contribution in [3.05, 3.63) is 59.0 Å². The highest BCUT2D eigenvalue weighted by Gasteiger charge is 2.24. The van der Waals surface area contributed by atoms with Gasteiger partial charge >= 0.3 is 0 Å². The smallest absolute Gasteiger partial charge is 0.255 e. The summed E-state index contributed by atoms with van der Waals surface area (Å²) >= 11 is 0. The summed E-state index contributed by atoms with van der Waals surface area (Å²) < 4.78 is 11.3. The van der Waals surface area contributed by atoms with Gasteiger partial charge in [-0.25, -0.2) is 0 Å². The van der Waals surface area contributed by atoms with E-state index in [1.165, 1.54) is 6.42 Å². The van der Waals surface area contributed by atoms with Crippen molar-refractivity contribution in [2.75, 3.05) is 19.6 Å². The maximum absolute atomic E-state index is 13.1. The largest absolute Gasteiger partial charge is 0.488 e. The Kier molecular flexibility index (Phi) is 6.04. The number of fused-ring (bicyclic) bond motifs is 1. The Labute approximate surface area is 177 Å². The summed E-state index contributed by atoms with van der Waals surface area (Å²) in [4.78, 5) is 15.5. The minimum atomic E-state index is -0.0996. The monoisotopic (exact) mass is 407 g/mol. The highest BCUT2D eigenvalue weighted by atomic mass is 16.5. The van der Waals surface area contributed by atoms with Crippen LogP contribution in [0.15, 0.2) is 40.9 Å². The van der Waals surface area contributed by atoms with E-state index in [0.717, 1.165) is 47.3 Å². The number of hydrogen-bond acceptors (Lipinski definition) is 5. The highest BCUT2D eigenvalue weighted by Crippen LogP contribution is 2.28. The molecule has 1 aliphatic heterocycles. The van der Waals surface area contributed by atoms with Crippen molar-refractivity contribution in [3.8, 4) is 5.75 Å². The van der Waals surface area contributed by atoms with Crippen LogP contribution in [0.25, 0.3) is 10.8 Å². The van der Waals surface area contributed by atoms with E-state index in [9.17, 15) is 4.79 Å². The van der Waals surface area contributed by atoms with Crippen LogP contribution in [0, 0.1) is 13.8 Å². The Bertz CT molecular complexity index is 1020. The Morgan fingerprint density at radius 3 is 2.73 bits per heavy atom. The van der Waals surface area contributed by atoms with Crippen LogP contribution >= 0.6 is 0 Å². The van der Waals surface area contributed by atoms with Gasteiger partial charge in [0.25, 0.3) is 5.91 Å². The lowest BCUT2D eigenvalue weighted by atomic mass is 10.0. The molecule has 1 aromatic heterocycles. The van der Waals surface area contributed by atoms with Crippen molar-refractivity contribution in [1.82, 2.24) is 15.4 Å². The zero-order valence-electron chi connectivity index (χ0n) is 17.9. The number of carbonyl (C=O) groups is 1. The Balaban J connectivity index is 1.57. The van der Waals surface area contributed by atoms with E-state index in [0.29, 0.717) is 30.5 Å². The topological polar surface area (TPSA) is 67.6 Å². The normalized spacial score (nSPS) is 16.8. The van der Waals surface area contributed by atoms with E-state index in [1.807, 2.05) is 50.2 Å². The first-order chi connectivity index (χ1) is 14.6. The van der Waals surface area contributed by atoms with E-state index < -0.39 is 0 Å². The molecule has 2 aromatic carbocycles. The highest BCUT2D eigenvalue weighted by molar-refractivity contribution is 6.01. The summed E-state index contributed by atoms with van der Waals surface area (Å²) in [5.74, 6) is 1.21. The fourth-order valence-electron chi connectivity index (χ4n) is 4.22. The maximum atomic E-state index is 13.1. The molecule has 0 bridgehead atoms. The van der Waals surface area contributed by atoms with Crippen LogP contribution in [0.2, 0.25) is 0 Å². The van der Waals surface area contributed by atoms with E-state index in [1.54, 1.807) is 0 Å². The molecule has 1 aliphatic rings. The molecule has 6 heteroatoms. The van der Waals surface area contributed by atoms with Crippen molar-refractivity contribution < 1.29 is 14.1 Å². The zero-order chi connectivity index (χ0) is 21.1. The lowest BCUT2D eigenvalue weighted by Gasteiger charge is -2.23. The third-order valence-electron chi connectivity index (χ3n) is 6.05. The molecule has 1 amide bonds. The first kappa shape index (κ1) is 20.4. The van der Waals surface area contributed by atoms with Gasteiger partial charge in [0.1, 0.15) is 18.1 Å². The predicted molar refractivity (Wildman–Crippen MR) is 117 cm³/mol. The standard InChI is InChI=1S/C24H29N3O3/c1-4-27-11-7-10-20(27)14-25-24(28)21-12-18-8-5-6-9-19(18)13-23(21)29-15-22-16(2)26-30-17(22)3/h5-6,8-9,12-13,20H,4,7,10-11,14-15H2,1-3H3,(H,25,28)/t20-/m1/s1. The maximum Gasteiger partial charge on any atom is 0.255 e. The van der Waals surface area contributed by atoms with Gasteiger partial charge in [0.2, 0.25) is 0 Å². The van der Waals surface area contributed by atoms with Gasteiger partial charge in [0.15, 0.2) is 0 Å². The minimum absolute atomic E-state index is 0.0996. The fraction of sp³-hybridized carbons (Fsp3) is 0.417. The van der Waals surface area contributed by atoms with Gasteiger partial charge in [-0.05, 0) is 62.7 Å². The molecule has 1 saturated heterocycles. The number of aromatic nitrogens is 1. The molecule has 0 radical (unpaired) electrons. The average Bonchev–Trinajstić information content (AvgIpc) is 3.35. The third-order valence-corrected chi connectivity index (χ3v) is 6.05. The SMILES string of the molecule is CCN1CCC[C@@H]1CNC(=O)c1cc2ccccc2cc1OCc1c(C)noc1C. The van der Waals surface area contributed by atoms with Gasteiger partial charge < -0.3 is 14.6 Å². The van der Waals surface area contributed by atoms with Crippen molar-refractivity contribution in [2.45, 2.75) is 46.3 Å². The van der Waals surface area contributed by atoms with Crippen molar-refractivity contribution >= 4 is 16.7 Å². The Hall–Kier alpha value is -2.86. The molecule has 158 valence electrons. The molecule has 0 saturated carbocycles. The first-order valence-corrected chi connectivity index (χ1v) is 10.7. The number of carbonyl (C=O) groups excluding carboxylic acids is 1. The van der Waals surface area contributed by atoms with Gasteiger partial charge in [-0.1, -0.05) is 36.3 Å². The number of benzene rings is 2. The zero-order valence-corrected chi connectivity index (χ0v) is 17.9. The number of nitrogens with zero attached hydrogens (tertiary/aromatic N) is 2. The summed E-state index contributed by atoms with van der Waals surface area (Å²) in [7, 11) is 0. The second kappa shape index (κ2) is 8.88. The summed E-state index contributed by atoms with van der Waals surface area (Å²) in [5, 5.41) is 9.18. The van der Waals surface area contributed by atoms with Crippen LogP contribution in [-0.2, 0) is 6.61 Å². The lowest BCUT2D eigenvalue weighted by Crippen LogP contribution is -2.40. The van der Waals surface area contributed by atoms with Crippen molar-refractivity contribution in [3.63, 3.8) is 0 Å². The molecule has 3 aromatic rings. The average molecular weight is 408 g/mol. The van der Waals surface area contributed by atoms with Gasteiger partial charge in [-0.15, -0.1) is 0 Å². The minimum Gasteiger partial charge on any atom is -0.488 e. The number of aryl methyl sites for hydroxylation is 2. The molecule has 1 fully saturated rings. The molecule has 6 nitrogen and oxygen atoms in total. The first-order valence-electron chi connectivity index (χ1n) is 10.7. The summed E-state index contributed by atoms with van der Waals surface area (Å²) in [6.45, 7) is 9.03. The number of likely N-dealkylation sites (N-methyl/N-ethyl adjacent to an activating group) is 1. The molecule has 0 spiro atoms. The molecular formula is C24H29N3O3. The fourth-order valence-corrected chi connectivity index (χ4v) is 4.22. The van der Waals surface area contributed by atoms with Crippen LogP contribution in [0.3, 0.4) is 0 Å². The van der Waals surface area contributed by atoms with Crippen LogP contribution < -0.4 is 10.1 Å². The molecular weight excluding hydrogens is 378 g/mol. The number of rotatable bonds is 7. The van der Waals surface area contributed by atoms with Crippen LogP contribution in [0.4, 0.5) is 0 Å². The number of likely N-dealkylation sites (tertiary alicyclic amines) is 1. The second-order valence-electron chi connectivity index (χ2n) is 7.92. The number of hydrogen-bond donors (Lipinski definition) is 1. The quantitative estimate of drug-likeness (QED) is 0.635. The Morgan fingerprint density at radius 2 is 2.03 bits per heavy atom. The van der Waals surface area contributed by atoms with Crippen molar-refractivity contribution in [2.24, 2.45) is 0 Å². The summed E-state index contributed by atoms with van der Waals surface area (Å²) in [6, 6.07) is 12.3. The van der Waals surface area contributed by atoms with Gasteiger partial charge in [0.05, 0.1) is 16.8 Å². The predicted octanol–water partition coefficient (Wildman–Crippen LogP) is 4.24. The van der Waals surface area contributed by atoms with Gasteiger partial charge in [0, 0.05) is 12.6 Å². The van der Waals surface area contributed by atoms with E-state index >= 15 is 0 Å². The van der Waals surface area contributed by atoms with E-state index in [-0.39, 0.29) is 5.91 Å². The van der Waals surface area contributed by atoms with Gasteiger partial charge in [-0.3, -0.25) is 9.69 Å². The molecule has 0 unspecified atom stereocenters.